The molecule has 4 rings (SSSR count). The molecule has 11 heteroatoms. The van der Waals surface area contributed by atoms with Crippen molar-refractivity contribution < 1.29 is 22.7 Å². The molecule has 1 amide bonds. The van der Waals surface area contributed by atoms with E-state index in [1.54, 1.807) is 19.9 Å². The Bertz CT molecular complexity index is 968. The summed E-state index contributed by atoms with van der Waals surface area (Å²) < 4.78 is 41.3. The van der Waals surface area contributed by atoms with Crippen LogP contribution in [0.2, 0.25) is 0 Å². The average Bonchev–Trinajstić information content (AvgIpc) is 2.64. The van der Waals surface area contributed by atoms with Crippen LogP contribution in [0.1, 0.15) is 25.6 Å². The van der Waals surface area contributed by atoms with Crippen LogP contribution in [0.3, 0.4) is 0 Å². The van der Waals surface area contributed by atoms with Crippen molar-refractivity contribution in [1.29, 1.82) is 0 Å². The van der Waals surface area contributed by atoms with E-state index in [0.29, 0.717) is 11.6 Å². The molecule has 31 heavy (non-hydrogen) atoms. The highest BCUT2D eigenvalue weighted by molar-refractivity contribution is 5.73. The third kappa shape index (κ3) is 4.97. The first kappa shape index (κ1) is 21.1. The fourth-order valence-electron chi connectivity index (χ4n) is 4.12. The number of ether oxygens (including phenoxy) is 1. The molecule has 1 N–H and O–H groups in total. The van der Waals surface area contributed by atoms with Gasteiger partial charge in [-0.05, 0) is 25.8 Å². The van der Waals surface area contributed by atoms with E-state index in [1.165, 1.54) is 6.20 Å². The number of carbonyl (C=O) groups is 1. The fourth-order valence-corrected chi connectivity index (χ4v) is 4.12. The standard InChI is InChI=1S/C20H23F3N6O2/c1-13-25-17(27-16-9-15(3-6-24-16)31-20(21,22)23)10-18(26-13)29-11-19(12-29)4-7-28(8-5-19)14(2)30/h3,6,9-10H,4-5,7-8,11-12H2,1-2H3,(H,24,25,26,27). The Labute approximate surface area is 177 Å². The van der Waals surface area contributed by atoms with Crippen molar-refractivity contribution in [2.75, 3.05) is 36.4 Å². The molecule has 4 heterocycles. The van der Waals surface area contributed by atoms with Gasteiger partial charge in [0.15, 0.2) is 0 Å². The van der Waals surface area contributed by atoms with Crippen LogP contribution in [-0.4, -0.2) is 58.3 Å². The first-order valence-electron chi connectivity index (χ1n) is 9.96. The summed E-state index contributed by atoms with van der Waals surface area (Å²) in [4.78, 5) is 28.4. The first-order chi connectivity index (χ1) is 14.6. The van der Waals surface area contributed by atoms with Gasteiger partial charge in [0.1, 0.15) is 29.0 Å². The van der Waals surface area contributed by atoms with Gasteiger partial charge in [0.05, 0.1) is 0 Å². The number of nitrogens with zero attached hydrogens (tertiary/aromatic N) is 5. The van der Waals surface area contributed by atoms with Crippen LogP contribution >= 0.6 is 0 Å². The highest BCUT2D eigenvalue weighted by Crippen LogP contribution is 2.42. The number of amides is 1. The Morgan fingerprint density at radius 1 is 1.16 bits per heavy atom. The lowest BCUT2D eigenvalue weighted by atomic mass is 9.72. The SMILES string of the molecule is CC(=O)N1CCC2(CC1)CN(c1cc(Nc3cc(OC(F)(F)F)ccn3)nc(C)n1)C2. The zero-order valence-corrected chi connectivity index (χ0v) is 17.2. The van der Waals surface area contributed by atoms with Crippen molar-refractivity contribution in [3.63, 3.8) is 0 Å². The molecule has 0 bridgehead atoms. The molecule has 2 aliphatic rings. The second-order valence-corrected chi connectivity index (χ2v) is 8.07. The number of halogens is 3. The number of hydrogen-bond donors (Lipinski definition) is 1. The van der Waals surface area contributed by atoms with Crippen molar-refractivity contribution in [1.82, 2.24) is 19.9 Å². The number of hydrogen-bond acceptors (Lipinski definition) is 7. The van der Waals surface area contributed by atoms with Gasteiger partial charge in [-0.2, -0.15) is 0 Å². The normalized spacial score (nSPS) is 18.0. The first-order valence-corrected chi connectivity index (χ1v) is 9.96. The van der Waals surface area contributed by atoms with Crippen LogP contribution < -0.4 is 15.0 Å². The topological polar surface area (TPSA) is 83.5 Å². The molecule has 8 nitrogen and oxygen atoms in total. The van der Waals surface area contributed by atoms with E-state index >= 15 is 0 Å². The Morgan fingerprint density at radius 3 is 2.52 bits per heavy atom. The van der Waals surface area contributed by atoms with Crippen molar-refractivity contribution >= 4 is 23.4 Å². The van der Waals surface area contributed by atoms with E-state index in [4.69, 9.17) is 0 Å². The summed E-state index contributed by atoms with van der Waals surface area (Å²) in [6, 6.07) is 4.04. The van der Waals surface area contributed by atoms with Gasteiger partial charge in [0.25, 0.3) is 0 Å². The molecule has 2 saturated heterocycles. The number of pyridine rings is 1. The predicted molar refractivity (Wildman–Crippen MR) is 107 cm³/mol. The van der Waals surface area contributed by atoms with Gasteiger partial charge < -0.3 is 19.9 Å². The van der Waals surface area contributed by atoms with Gasteiger partial charge in [-0.3, -0.25) is 4.79 Å². The molecule has 0 saturated carbocycles. The maximum Gasteiger partial charge on any atom is 0.573 e. The van der Waals surface area contributed by atoms with Crippen molar-refractivity contribution in [3.05, 3.63) is 30.2 Å². The second-order valence-electron chi connectivity index (χ2n) is 8.07. The number of likely N-dealkylation sites (tertiary alicyclic amines) is 1. The smallest absolute Gasteiger partial charge is 0.406 e. The summed E-state index contributed by atoms with van der Waals surface area (Å²) in [7, 11) is 0. The lowest BCUT2D eigenvalue weighted by Crippen LogP contribution is -2.61. The summed E-state index contributed by atoms with van der Waals surface area (Å²) in [6.45, 7) is 6.61. The second kappa shape index (κ2) is 7.86. The maximum atomic E-state index is 12.4. The molecule has 2 aromatic heterocycles. The van der Waals surface area contributed by atoms with Gasteiger partial charge in [0.2, 0.25) is 5.91 Å². The van der Waals surface area contributed by atoms with Gasteiger partial charge in [-0.25, -0.2) is 15.0 Å². The fraction of sp³-hybridized carbons (Fsp3) is 0.500. The van der Waals surface area contributed by atoms with Crippen LogP contribution in [0.25, 0.3) is 0 Å². The summed E-state index contributed by atoms with van der Waals surface area (Å²) in [6.07, 6.45) is -1.61. The molecule has 0 radical (unpaired) electrons. The van der Waals surface area contributed by atoms with Crippen LogP contribution in [0.15, 0.2) is 24.4 Å². The quantitative estimate of drug-likeness (QED) is 0.788. The molecule has 166 valence electrons. The Hall–Kier alpha value is -3.11. The average molecular weight is 436 g/mol. The number of anilines is 3. The van der Waals surface area contributed by atoms with Crippen LogP contribution in [0.4, 0.5) is 30.6 Å². The molecule has 0 atom stereocenters. The van der Waals surface area contributed by atoms with Crippen LogP contribution in [-0.2, 0) is 4.79 Å². The summed E-state index contributed by atoms with van der Waals surface area (Å²) in [5, 5.41) is 2.92. The van der Waals surface area contributed by atoms with E-state index in [9.17, 15) is 18.0 Å². The zero-order chi connectivity index (χ0) is 22.2. The molecule has 0 unspecified atom stereocenters. The number of nitrogens with one attached hydrogen (secondary N) is 1. The van der Waals surface area contributed by atoms with Gasteiger partial charge in [0, 0.05) is 56.8 Å². The summed E-state index contributed by atoms with van der Waals surface area (Å²) >= 11 is 0. The highest BCUT2D eigenvalue weighted by Gasteiger charge is 2.45. The third-order valence-corrected chi connectivity index (χ3v) is 5.69. The van der Waals surface area contributed by atoms with Crippen molar-refractivity contribution in [3.8, 4) is 5.75 Å². The number of alkyl halides is 3. The molecule has 0 aromatic carbocycles. The van der Waals surface area contributed by atoms with E-state index in [2.05, 4.69) is 29.9 Å². The number of piperidine rings is 1. The van der Waals surface area contributed by atoms with E-state index in [-0.39, 0.29) is 22.9 Å². The lowest BCUT2D eigenvalue weighted by molar-refractivity contribution is -0.274. The van der Waals surface area contributed by atoms with Gasteiger partial charge >= 0.3 is 6.36 Å². The molecule has 2 fully saturated rings. The molecule has 0 aliphatic carbocycles. The van der Waals surface area contributed by atoms with Crippen LogP contribution in [0.5, 0.6) is 5.75 Å². The summed E-state index contributed by atoms with van der Waals surface area (Å²) in [5.41, 5.74) is 0.198. The number of carbonyl (C=O) groups excluding carboxylic acids is 1. The minimum atomic E-state index is -4.77. The maximum absolute atomic E-state index is 12.4. The van der Waals surface area contributed by atoms with Crippen LogP contribution in [0, 0.1) is 12.3 Å². The summed E-state index contributed by atoms with van der Waals surface area (Å²) in [5.74, 6) is 1.66. The molecule has 2 aliphatic heterocycles. The molecular formula is C20H23F3N6O2. The van der Waals surface area contributed by atoms with Gasteiger partial charge in [-0.1, -0.05) is 0 Å². The zero-order valence-electron chi connectivity index (χ0n) is 17.2. The molecule has 2 aromatic rings. The number of aromatic nitrogens is 3. The minimum absolute atomic E-state index is 0.117. The lowest BCUT2D eigenvalue weighted by Gasteiger charge is -2.54. The van der Waals surface area contributed by atoms with Crippen molar-refractivity contribution in [2.24, 2.45) is 5.41 Å². The molecule has 1 spiro atoms. The Morgan fingerprint density at radius 2 is 1.87 bits per heavy atom. The Kier molecular flexibility index (Phi) is 5.36. The largest absolute Gasteiger partial charge is 0.573 e. The monoisotopic (exact) mass is 436 g/mol. The number of aryl methyl sites for hydroxylation is 1. The predicted octanol–water partition coefficient (Wildman–Crippen LogP) is 3.27. The van der Waals surface area contributed by atoms with Gasteiger partial charge in [-0.15, -0.1) is 13.2 Å². The molecular weight excluding hydrogens is 413 g/mol. The minimum Gasteiger partial charge on any atom is -0.406 e. The third-order valence-electron chi connectivity index (χ3n) is 5.69. The van der Waals surface area contributed by atoms with E-state index in [1.807, 2.05) is 4.90 Å². The van der Waals surface area contributed by atoms with E-state index < -0.39 is 6.36 Å². The number of rotatable bonds is 4. The van der Waals surface area contributed by atoms with E-state index in [0.717, 1.165) is 57.0 Å². The van der Waals surface area contributed by atoms with Crippen molar-refractivity contribution in [2.45, 2.75) is 33.1 Å². The Balaban J connectivity index is 1.42. The highest BCUT2D eigenvalue weighted by atomic mass is 19.4.